The number of rotatable bonds is 8. The zero-order valence-electron chi connectivity index (χ0n) is 14.4. The Hall–Kier alpha value is -2.65. The van der Waals surface area contributed by atoms with Gasteiger partial charge in [-0.15, -0.1) is 6.42 Å². The number of hydrogen-bond acceptors (Lipinski definition) is 5. The Bertz CT molecular complexity index is 754. The predicted octanol–water partition coefficient (Wildman–Crippen LogP) is 2.86. The summed E-state index contributed by atoms with van der Waals surface area (Å²) in [6.07, 6.45) is 10.3. The third-order valence-electron chi connectivity index (χ3n) is 3.48. The molecule has 0 amide bonds. The summed E-state index contributed by atoms with van der Waals surface area (Å²) in [4.78, 5) is 9.30. The maximum absolute atomic E-state index is 5.44. The SMILES string of the molecule is C#CCOc1ccc(CCC(=S)NCc2cnc(C)cn2)cc1OC. The highest BCUT2D eigenvalue weighted by Crippen LogP contribution is 2.28. The quantitative estimate of drug-likeness (QED) is 0.580. The second-order valence-corrected chi connectivity index (χ2v) is 5.90. The van der Waals surface area contributed by atoms with Gasteiger partial charge in [0.05, 0.1) is 36.2 Å². The van der Waals surface area contributed by atoms with Gasteiger partial charge in [-0.3, -0.25) is 9.97 Å². The van der Waals surface area contributed by atoms with Crippen molar-refractivity contribution in [2.75, 3.05) is 13.7 Å². The van der Waals surface area contributed by atoms with Crippen LogP contribution >= 0.6 is 12.2 Å². The molecule has 1 N–H and O–H groups in total. The lowest BCUT2D eigenvalue weighted by molar-refractivity contribution is 0.330. The van der Waals surface area contributed by atoms with Crippen LogP contribution in [0.4, 0.5) is 0 Å². The first-order chi connectivity index (χ1) is 12.1. The van der Waals surface area contributed by atoms with E-state index in [1.54, 1.807) is 19.5 Å². The monoisotopic (exact) mass is 355 g/mol. The number of methoxy groups -OCH3 is 1. The van der Waals surface area contributed by atoms with Crippen molar-refractivity contribution >= 4 is 17.2 Å². The van der Waals surface area contributed by atoms with Gasteiger partial charge < -0.3 is 14.8 Å². The second kappa shape index (κ2) is 9.60. The summed E-state index contributed by atoms with van der Waals surface area (Å²) in [5, 5.41) is 3.21. The molecule has 2 rings (SSSR count). The average molecular weight is 355 g/mol. The van der Waals surface area contributed by atoms with Crippen molar-refractivity contribution in [1.82, 2.24) is 15.3 Å². The van der Waals surface area contributed by atoms with Crippen LogP contribution in [0.25, 0.3) is 0 Å². The van der Waals surface area contributed by atoms with Gasteiger partial charge in [0.2, 0.25) is 0 Å². The molecular weight excluding hydrogens is 334 g/mol. The van der Waals surface area contributed by atoms with E-state index in [4.69, 9.17) is 28.1 Å². The number of ether oxygens (including phenoxy) is 2. The average Bonchev–Trinajstić information content (AvgIpc) is 2.64. The summed E-state index contributed by atoms with van der Waals surface area (Å²) in [5.41, 5.74) is 2.88. The van der Waals surface area contributed by atoms with E-state index in [0.717, 1.165) is 34.8 Å². The number of terminal acetylenes is 1. The van der Waals surface area contributed by atoms with Gasteiger partial charge in [0.15, 0.2) is 11.5 Å². The molecule has 0 saturated heterocycles. The van der Waals surface area contributed by atoms with Crippen molar-refractivity contribution in [3.8, 4) is 23.8 Å². The highest BCUT2D eigenvalue weighted by Gasteiger charge is 2.07. The van der Waals surface area contributed by atoms with E-state index in [2.05, 4.69) is 21.2 Å². The van der Waals surface area contributed by atoms with Gasteiger partial charge in [-0.25, -0.2) is 0 Å². The maximum Gasteiger partial charge on any atom is 0.162 e. The van der Waals surface area contributed by atoms with Crippen molar-refractivity contribution in [2.24, 2.45) is 0 Å². The largest absolute Gasteiger partial charge is 0.493 e. The molecule has 0 atom stereocenters. The number of aryl methyl sites for hydroxylation is 2. The molecule has 2 aromatic rings. The summed E-state index contributed by atoms with van der Waals surface area (Å²) in [6.45, 7) is 2.70. The van der Waals surface area contributed by atoms with Crippen molar-refractivity contribution in [3.63, 3.8) is 0 Å². The molecule has 1 heterocycles. The molecule has 0 aliphatic carbocycles. The smallest absolute Gasteiger partial charge is 0.162 e. The summed E-state index contributed by atoms with van der Waals surface area (Å²) < 4.78 is 10.8. The van der Waals surface area contributed by atoms with Crippen molar-refractivity contribution in [3.05, 3.63) is 47.5 Å². The molecular formula is C19H21N3O2S. The first-order valence-electron chi connectivity index (χ1n) is 7.89. The van der Waals surface area contributed by atoms with Gasteiger partial charge in [-0.1, -0.05) is 24.2 Å². The van der Waals surface area contributed by atoms with E-state index in [-0.39, 0.29) is 6.61 Å². The normalized spacial score (nSPS) is 9.96. The molecule has 1 aromatic carbocycles. The first-order valence-corrected chi connectivity index (χ1v) is 8.30. The molecule has 0 radical (unpaired) electrons. The molecule has 0 unspecified atom stereocenters. The molecule has 5 nitrogen and oxygen atoms in total. The summed E-state index contributed by atoms with van der Waals surface area (Å²) in [7, 11) is 1.61. The molecule has 25 heavy (non-hydrogen) atoms. The zero-order valence-corrected chi connectivity index (χ0v) is 15.2. The number of hydrogen-bond donors (Lipinski definition) is 1. The highest BCUT2D eigenvalue weighted by molar-refractivity contribution is 7.80. The summed E-state index contributed by atoms with van der Waals surface area (Å²) >= 11 is 5.39. The Kier molecular flexibility index (Phi) is 7.17. The molecule has 130 valence electrons. The standard InChI is InChI=1S/C19H21N3O2S/c1-4-9-24-17-7-5-15(10-18(17)23-3)6-8-19(25)22-13-16-12-20-14(2)11-21-16/h1,5,7,10-12H,6,8-9,13H2,2-3H3,(H,22,25). The van der Waals surface area contributed by atoms with Crippen LogP contribution < -0.4 is 14.8 Å². The first kappa shape index (κ1) is 18.7. The van der Waals surface area contributed by atoms with E-state index in [1.807, 2.05) is 25.1 Å². The third kappa shape index (κ3) is 6.05. The van der Waals surface area contributed by atoms with E-state index in [0.29, 0.717) is 18.0 Å². The van der Waals surface area contributed by atoms with Crippen LogP contribution in [0, 0.1) is 19.3 Å². The van der Waals surface area contributed by atoms with Crippen LogP contribution in [0.1, 0.15) is 23.4 Å². The molecule has 6 heteroatoms. The fraction of sp³-hybridized carbons (Fsp3) is 0.316. The number of aromatic nitrogens is 2. The lowest BCUT2D eigenvalue weighted by Crippen LogP contribution is -2.22. The van der Waals surface area contributed by atoms with Crippen LogP contribution in [0.5, 0.6) is 11.5 Å². The zero-order chi connectivity index (χ0) is 18.1. The minimum Gasteiger partial charge on any atom is -0.493 e. The van der Waals surface area contributed by atoms with E-state index in [1.165, 1.54) is 0 Å². The van der Waals surface area contributed by atoms with Crippen LogP contribution in [0.2, 0.25) is 0 Å². The molecule has 0 aliphatic heterocycles. The van der Waals surface area contributed by atoms with Crippen LogP contribution in [-0.4, -0.2) is 28.7 Å². The molecule has 1 aromatic heterocycles. The number of benzene rings is 1. The van der Waals surface area contributed by atoms with Gasteiger partial charge in [0.1, 0.15) is 6.61 Å². The minimum absolute atomic E-state index is 0.214. The molecule has 0 saturated carbocycles. The van der Waals surface area contributed by atoms with Crippen molar-refractivity contribution < 1.29 is 9.47 Å². The third-order valence-corrected chi connectivity index (χ3v) is 3.83. The van der Waals surface area contributed by atoms with Crippen LogP contribution in [-0.2, 0) is 13.0 Å². The predicted molar refractivity (Wildman–Crippen MR) is 102 cm³/mol. The van der Waals surface area contributed by atoms with Crippen molar-refractivity contribution in [1.29, 1.82) is 0 Å². The minimum atomic E-state index is 0.214. The second-order valence-electron chi connectivity index (χ2n) is 5.40. The Morgan fingerprint density at radius 3 is 2.80 bits per heavy atom. The number of nitrogens with one attached hydrogen (secondary N) is 1. The summed E-state index contributed by atoms with van der Waals surface area (Å²) in [5.74, 6) is 3.75. The Morgan fingerprint density at radius 1 is 1.28 bits per heavy atom. The van der Waals surface area contributed by atoms with Crippen LogP contribution in [0.3, 0.4) is 0 Å². The van der Waals surface area contributed by atoms with E-state index < -0.39 is 0 Å². The van der Waals surface area contributed by atoms with Gasteiger partial charge in [-0.2, -0.15) is 0 Å². The lowest BCUT2D eigenvalue weighted by atomic mass is 10.1. The van der Waals surface area contributed by atoms with Gasteiger partial charge in [-0.05, 0) is 31.0 Å². The molecule has 0 bridgehead atoms. The van der Waals surface area contributed by atoms with Crippen LogP contribution in [0.15, 0.2) is 30.6 Å². The summed E-state index contributed by atoms with van der Waals surface area (Å²) in [6, 6.07) is 5.80. The lowest BCUT2D eigenvalue weighted by Gasteiger charge is -2.11. The fourth-order valence-corrected chi connectivity index (χ4v) is 2.33. The Balaban J connectivity index is 1.84. The Labute approximate surface area is 153 Å². The maximum atomic E-state index is 5.44. The fourth-order valence-electron chi connectivity index (χ4n) is 2.15. The molecule has 0 aliphatic rings. The topological polar surface area (TPSA) is 56.3 Å². The van der Waals surface area contributed by atoms with Crippen molar-refractivity contribution in [2.45, 2.75) is 26.3 Å². The number of nitrogens with zero attached hydrogens (tertiary/aromatic N) is 2. The number of thiocarbonyl (C=S) groups is 1. The van der Waals surface area contributed by atoms with E-state index in [9.17, 15) is 0 Å². The van der Waals surface area contributed by atoms with Gasteiger partial charge in [0, 0.05) is 12.6 Å². The Morgan fingerprint density at radius 2 is 2.12 bits per heavy atom. The van der Waals surface area contributed by atoms with E-state index >= 15 is 0 Å². The molecule has 0 fully saturated rings. The molecule has 0 spiro atoms. The van der Waals surface area contributed by atoms with Gasteiger partial charge >= 0.3 is 0 Å². The van der Waals surface area contributed by atoms with Gasteiger partial charge in [0.25, 0.3) is 0 Å². The highest BCUT2D eigenvalue weighted by atomic mass is 32.1.